The van der Waals surface area contributed by atoms with Crippen LogP contribution in [0.2, 0.25) is 0 Å². The van der Waals surface area contributed by atoms with Crippen LogP contribution in [-0.2, 0) is 22.4 Å². The molecule has 1 aliphatic carbocycles. The van der Waals surface area contributed by atoms with E-state index in [2.05, 4.69) is 17.4 Å². The number of nitrogens with zero attached hydrogens (tertiary/aromatic N) is 1. The molecule has 2 aliphatic rings. The number of piperidine rings is 1. The van der Waals surface area contributed by atoms with Crippen LogP contribution in [0, 0.1) is 5.92 Å². The summed E-state index contributed by atoms with van der Waals surface area (Å²) >= 11 is 0. The van der Waals surface area contributed by atoms with Crippen molar-refractivity contribution in [3.05, 3.63) is 59.7 Å². The number of hydrogen-bond acceptors (Lipinski definition) is 5. The first-order chi connectivity index (χ1) is 15.0. The van der Waals surface area contributed by atoms with Gasteiger partial charge in [0.05, 0.1) is 13.2 Å². The molecule has 1 aliphatic heterocycles. The molecule has 0 unspecified atom stereocenters. The van der Waals surface area contributed by atoms with Crippen LogP contribution in [0.25, 0.3) is 0 Å². The highest BCUT2D eigenvalue weighted by atomic mass is 16.5. The molecule has 1 saturated heterocycles. The second-order valence-corrected chi connectivity index (χ2v) is 8.24. The van der Waals surface area contributed by atoms with Gasteiger partial charge >= 0.3 is 0 Å². The molecule has 7 heteroatoms. The van der Waals surface area contributed by atoms with Gasteiger partial charge in [-0.3, -0.25) is 9.59 Å². The van der Waals surface area contributed by atoms with Gasteiger partial charge in [-0.1, -0.05) is 30.3 Å². The van der Waals surface area contributed by atoms with Gasteiger partial charge in [0.1, 0.15) is 11.5 Å². The summed E-state index contributed by atoms with van der Waals surface area (Å²) in [5.41, 5.74) is 2.44. The van der Waals surface area contributed by atoms with Crippen LogP contribution >= 0.6 is 0 Å². The Morgan fingerprint density at radius 1 is 1.06 bits per heavy atom. The lowest BCUT2D eigenvalue weighted by Crippen LogP contribution is -2.56. The lowest BCUT2D eigenvalue weighted by atomic mass is 9.99. The molecule has 0 spiro atoms. The van der Waals surface area contributed by atoms with E-state index in [4.69, 9.17) is 9.47 Å². The molecule has 1 heterocycles. The van der Waals surface area contributed by atoms with E-state index in [1.807, 2.05) is 12.1 Å². The van der Waals surface area contributed by atoms with E-state index in [0.717, 1.165) is 12.8 Å². The van der Waals surface area contributed by atoms with Gasteiger partial charge in [-0.2, -0.15) is 0 Å². The number of carbonyl (C=O) groups is 2. The largest absolute Gasteiger partial charge is 0.497 e. The van der Waals surface area contributed by atoms with Crippen LogP contribution < -0.4 is 14.8 Å². The Morgan fingerprint density at radius 3 is 2.48 bits per heavy atom. The number of amides is 2. The molecular weight excluding hydrogens is 396 g/mol. The summed E-state index contributed by atoms with van der Waals surface area (Å²) in [4.78, 5) is 27.2. The maximum absolute atomic E-state index is 13.1. The van der Waals surface area contributed by atoms with Gasteiger partial charge in [-0.15, -0.1) is 0 Å². The number of methoxy groups -OCH3 is 1. The first kappa shape index (κ1) is 21.2. The predicted octanol–water partition coefficient (Wildman–Crippen LogP) is 1.57. The van der Waals surface area contributed by atoms with E-state index < -0.39 is 6.10 Å². The molecule has 31 heavy (non-hydrogen) atoms. The molecule has 0 aromatic heterocycles. The highest BCUT2D eigenvalue weighted by molar-refractivity contribution is 5.81. The molecular formula is C24H28N2O5. The molecule has 164 valence electrons. The number of likely N-dealkylation sites (tertiary alicyclic amines) is 1. The van der Waals surface area contributed by atoms with Crippen LogP contribution in [0.3, 0.4) is 0 Å². The van der Waals surface area contributed by atoms with E-state index in [-0.39, 0.29) is 30.4 Å². The molecule has 0 radical (unpaired) electrons. The topological polar surface area (TPSA) is 88.1 Å². The van der Waals surface area contributed by atoms with Crippen molar-refractivity contribution in [2.24, 2.45) is 5.92 Å². The Labute approximate surface area is 182 Å². The Balaban J connectivity index is 1.30. The smallest absolute Gasteiger partial charge is 0.258 e. The zero-order chi connectivity index (χ0) is 21.8. The third-order valence-electron chi connectivity index (χ3n) is 5.92. The molecule has 2 N–H and O–H groups in total. The summed E-state index contributed by atoms with van der Waals surface area (Å²) in [6, 6.07) is 14.9. The van der Waals surface area contributed by atoms with Crippen molar-refractivity contribution < 1.29 is 24.2 Å². The highest BCUT2D eigenvalue weighted by Crippen LogP contribution is 2.28. The number of fused-ring (bicyclic) bond motifs is 1. The van der Waals surface area contributed by atoms with Crippen LogP contribution in [0.4, 0.5) is 0 Å². The number of aliphatic hydroxyl groups is 1. The number of benzene rings is 2. The molecule has 1 fully saturated rings. The third kappa shape index (κ3) is 5.17. The fourth-order valence-corrected chi connectivity index (χ4v) is 4.46. The van der Waals surface area contributed by atoms with Crippen molar-refractivity contribution in [3.8, 4) is 11.5 Å². The van der Waals surface area contributed by atoms with E-state index in [1.165, 1.54) is 11.1 Å². The molecule has 2 amide bonds. The lowest BCUT2D eigenvalue weighted by molar-refractivity contribution is -0.140. The second kappa shape index (κ2) is 9.39. The molecule has 2 atom stereocenters. The number of carbonyl (C=O) groups excluding carboxylic acids is 2. The molecule has 2 aromatic rings. The van der Waals surface area contributed by atoms with Crippen LogP contribution in [0.5, 0.6) is 11.5 Å². The average Bonchev–Trinajstić information content (AvgIpc) is 3.21. The van der Waals surface area contributed by atoms with Crippen LogP contribution in [-0.4, -0.2) is 60.8 Å². The number of aliphatic hydroxyl groups excluding tert-OH is 1. The van der Waals surface area contributed by atoms with Gasteiger partial charge in [0.25, 0.3) is 5.91 Å². The number of β-amino-alcohol motifs (C(OH)–C–C–N with tert-alkyl or cyclic N) is 1. The van der Waals surface area contributed by atoms with Crippen molar-refractivity contribution >= 4 is 11.8 Å². The number of ether oxygens (including phenoxy) is 2. The third-order valence-corrected chi connectivity index (χ3v) is 5.92. The number of nitrogens with one attached hydrogen (secondary N) is 1. The summed E-state index contributed by atoms with van der Waals surface area (Å²) in [6.45, 7) is 0.553. The maximum Gasteiger partial charge on any atom is 0.258 e. The Kier molecular flexibility index (Phi) is 6.42. The number of hydrogen-bond donors (Lipinski definition) is 2. The summed E-state index contributed by atoms with van der Waals surface area (Å²) in [5.74, 6) is 0.840. The lowest BCUT2D eigenvalue weighted by Gasteiger charge is -2.37. The summed E-state index contributed by atoms with van der Waals surface area (Å²) in [7, 11) is 1.57. The van der Waals surface area contributed by atoms with Crippen molar-refractivity contribution in [2.45, 2.75) is 31.4 Å². The SMILES string of the molecule is COc1cccc(OCC(=O)N[C@H]2C[C@@H](O)CN(C(=O)C3Cc4ccccc4C3)C2)c1. The minimum atomic E-state index is -0.661. The van der Waals surface area contributed by atoms with E-state index in [9.17, 15) is 14.7 Å². The van der Waals surface area contributed by atoms with Gasteiger partial charge in [0.15, 0.2) is 6.61 Å². The normalized spacial score (nSPS) is 20.8. The standard InChI is InChI=1S/C24H28N2O5/c1-30-21-7-4-8-22(12-21)31-15-23(28)25-19-11-20(27)14-26(13-19)24(29)18-9-16-5-2-3-6-17(16)10-18/h2-8,12,18-20,27H,9-11,13-15H2,1H3,(H,25,28)/t19-,20+/m0/s1. The Bertz CT molecular complexity index is 922. The van der Waals surface area contributed by atoms with Crippen molar-refractivity contribution in [1.82, 2.24) is 10.2 Å². The minimum absolute atomic E-state index is 0.0434. The highest BCUT2D eigenvalue weighted by Gasteiger charge is 2.35. The Hall–Kier alpha value is -3.06. The van der Waals surface area contributed by atoms with Gasteiger partial charge < -0.3 is 24.8 Å². The average molecular weight is 424 g/mol. The first-order valence-electron chi connectivity index (χ1n) is 10.6. The summed E-state index contributed by atoms with van der Waals surface area (Å²) in [6.07, 6.45) is 1.21. The molecule has 7 nitrogen and oxygen atoms in total. The van der Waals surface area contributed by atoms with E-state index in [1.54, 1.807) is 36.3 Å². The number of rotatable bonds is 6. The fourth-order valence-electron chi connectivity index (χ4n) is 4.46. The summed E-state index contributed by atoms with van der Waals surface area (Å²) < 4.78 is 10.7. The maximum atomic E-state index is 13.1. The van der Waals surface area contributed by atoms with Gasteiger partial charge in [0, 0.05) is 31.1 Å². The predicted molar refractivity (Wildman–Crippen MR) is 115 cm³/mol. The Morgan fingerprint density at radius 2 is 1.77 bits per heavy atom. The molecule has 0 saturated carbocycles. The van der Waals surface area contributed by atoms with E-state index in [0.29, 0.717) is 31.0 Å². The first-order valence-corrected chi connectivity index (χ1v) is 10.6. The van der Waals surface area contributed by atoms with Gasteiger partial charge in [0.2, 0.25) is 5.91 Å². The van der Waals surface area contributed by atoms with Crippen molar-refractivity contribution in [1.29, 1.82) is 0 Å². The van der Waals surface area contributed by atoms with Gasteiger partial charge in [-0.25, -0.2) is 0 Å². The van der Waals surface area contributed by atoms with Gasteiger partial charge in [-0.05, 0) is 42.5 Å². The van der Waals surface area contributed by atoms with Crippen molar-refractivity contribution in [3.63, 3.8) is 0 Å². The van der Waals surface area contributed by atoms with Crippen LogP contribution in [0.1, 0.15) is 17.5 Å². The zero-order valence-corrected chi connectivity index (χ0v) is 17.6. The van der Waals surface area contributed by atoms with E-state index >= 15 is 0 Å². The monoisotopic (exact) mass is 424 g/mol. The quantitative estimate of drug-likeness (QED) is 0.735. The summed E-state index contributed by atoms with van der Waals surface area (Å²) in [5, 5.41) is 13.2. The fraction of sp³-hybridized carbons (Fsp3) is 0.417. The second-order valence-electron chi connectivity index (χ2n) is 8.24. The molecule has 4 rings (SSSR count). The molecule has 0 bridgehead atoms. The molecule has 2 aromatic carbocycles. The minimum Gasteiger partial charge on any atom is -0.497 e. The zero-order valence-electron chi connectivity index (χ0n) is 17.6. The van der Waals surface area contributed by atoms with Crippen LogP contribution in [0.15, 0.2) is 48.5 Å². The van der Waals surface area contributed by atoms with Crippen molar-refractivity contribution in [2.75, 3.05) is 26.8 Å².